The van der Waals surface area contributed by atoms with Crippen LogP contribution in [-0.2, 0) is 4.74 Å². The van der Waals surface area contributed by atoms with Crippen LogP contribution in [0.15, 0.2) is 12.3 Å². The van der Waals surface area contributed by atoms with E-state index >= 15 is 0 Å². The number of nitrogens with one attached hydrogen (secondary N) is 1. The van der Waals surface area contributed by atoms with Gasteiger partial charge in [-0.2, -0.15) is 0 Å². The molecule has 0 saturated carbocycles. The average Bonchev–Trinajstić information content (AvgIpc) is 2.44. The molecule has 5 N–H and O–H groups in total. The molecule has 0 saturated heterocycles. The summed E-state index contributed by atoms with van der Waals surface area (Å²) in [7, 11) is 0. The normalized spacial score (nSPS) is 13.9. The van der Waals surface area contributed by atoms with Gasteiger partial charge in [-0.15, -0.1) is 0 Å². The van der Waals surface area contributed by atoms with E-state index in [0.29, 0.717) is 0 Å². The summed E-state index contributed by atoms with van der Waals surface area (Å²) in [5.74, 6) is -0.281. The van der Waals surface area contributed by atoms with Gasteiger partial charge in [0, 0.05) is 24.4 Å². The average molecular weight is 342 g/mol. The van der Waals surface area contributed by atoms with Crippen molar-refractivity contribution in [3.8, 4) is 0 Å². The van der Waals surface area contributed by atoms with Crippen molar-refractivity contribution in [2.45, 2.75) is 45.0 Å². The van der Waals surface area contributed by atoms with Crippen LogP contribution >= 0.6 is 0 Å². The van der Waals surface area contributed by atoms with Crippen LogP contribution in [0.3, 0.4) is 0 Å². The molecule has 0 aliphatic heterocycles. The highest BCUT2D eigenvalue weighted by atomic mass is 16.6. The van der Waals surface area contributed by atoms with Gasteiger partial charge in [-0.05, 0) is 27.2 Å². The van der Waals surface area contributed by atoms with Crippen LogP contribution in [0.1, 0.15) is 38.9 Å². The molecule has 1 amide bonds. The number of ether oxygens (including phenoxy) is 1. The largest absolute Gasteiger partial charge is 0.444 e. The van der Waals surface area contributed by atoms with E-state index in [2.05, 4.69) is 10.3 Å². The summed E-state index contributed by atoms with van der Waals surface area (Å²) < 4.78 is 5.03. The lowest BCUT2D eigenvalue weighted by atomic mass is 10.0. The zero-order valence-corrected chi connectivity index (χ0v) is 13.7. The summed E-state index contributed by atoms with van der Waals surface area (Å²) >= 11 is 0. The predicted octanol–water partition coefficient (Wildman–Crippen LogP) is 0.881. The fourth-order valence-corrected chi connectivity index (χ4v) is 1.80. The quantitative estimate of drug-likeness (QED) is 0.437. The second kappa shape index (κ2) is 7.88. The molecule has 0 aliphatic rings. The molecule has 1 aromatic rings. The van der Waals surface area contributed by atoms with Crippen LogP contribution in [0.25, 0.3) is 0 Å². The van der Waals surface area contributed by atoms with Crippen molar-refractivity contribution in [3.63, 3.8) is 0 Å². The lowest BCUT2D eigenvalue weighted by Gasteiger charge is -2.21. The van der Waals surface area contributed by atoms with Gasteiger partial charge in [0.15, 0.2) is 0 Å². The molecule has 0 aromatic carbocycles. The third-order valence-corrected chi connectivity index (χ3v) is 2.93. The molecule has 134 valence electrons. The highest BCUT2D eigenvalue weighted by Gasteiger charge is 2.23. The van der Waals surface area contributed by atoms with Crippen molar-refractivity contribution in [1.82, 2.24) is 10.3 Å². The van der Waals surface area contributed by atoms with E-state index in [1.54, 1.807) is 20.8 Å². The Morgan fingerprint density at radius 1 is 1.50 bits per heavy atom. The highest BCUT2D eigenvalue weighted by Crippen LogP contribution is 2.25. The second-order valence-electron chi connectivity index (χ2n) is 6.16. The van der Waals surface area contributed by atoms with Crippen molar-refractivity contribution in [2.24, 2.45) is 0 Å². The molecule has 24 heavy (non-hydrogen) atoms. The Bertz CT molecular complexity index is 601. The number of nitrogens with zero attached hydrogens (tertiary/aromatic N) is 2. The first-order valence-corrected chi connectivity index (χ1v) is 7.24. The summed E-state index contributed by atoms with van der Waals surface area (Å²) in [5, 5.41) is 33.2. The maximum absolute atomic E-state index is 11.5. The molecule has 10 heteroatoms. The number of hydrogen-bond acceptors (Lipinski definition) is 8. The number of hydrogen-bond donors (Lipinski definition) is 4. The maximum Gasteiger partial charge on any atom is 0.407 e. The lowest BCUT2D eigenvalue weighted by molar-refractivity contribution is -0.384. The van der Waals surface area contributed by atoms with E-state index in [-0.39, 0.29) is 24.3 Å². The number of nitrogens with two attached hydrogens (primary N) is 1. The number of alkyl carbamates (subject to hydrolysis) is 1. The number of aromatic nitrogens is 1. The first kappa shape index (κ1) is 19.6. The van der Waals surface area contributed by atoms with Gasteiger partial charge < -0.3 is 26.0 Å². The molecule has 1 heterocycles. The number of rotatable bonds is 6. The summed E-state index contributed by atoms with van der Waals surface area (Å²) in [6.45, 7) is 5.20. The van der Waals surface area contributed by atoms with Gasteiger partial charge in [0.25, 0.3) is 0 Å². The van der Waals surface area contributed by atoms with Gasteiger partial charge in [-0.3, -0.25) is 10.1 Å². The number of pyridine rings is 1. The monoisotopic (exact) mass is 342 g/mol. The highest BCUT2D eigenvalue weighted by molar-refractivity contribution is 5.67. The number of nitrogen functional groups attached to an aromatic ring is 1. The number of nitro groups is 1. The number of aliphatic hydroxyl groups excluding tert-OH is 2. The molecule has 1 aromatic heterocycles. The fraction of sp³-hybridized carbons (Fsp3) is 0.571. The van der Waals surface area contributed by atoms with E-state index in [1.807, 2.05) is 0 Å². The van der Waals surface area contributed by atoms with E-state index in [9.17, 15) is 25.1 Å². The Labute approximate surface area is 138 Å². The number of carbonyl (C=O) groups excluding carboxylic acids is 1. The van der Waals surface area contributed by atoms with Crippen LogP contribution in [0, 0.1) is 10.1 Å². The molecule has 10 nitrogen and oxygen atoms in total. The third kappa shape index (κ3) is 5.97. The third-order valence-electron chi connectivity index (χ3n) is 2.93. The van der Waals surface area contributed by atoms with E-state index in [1.165, 1.54) is 0 Å². The zero-order chi connectivity index (χ0) is 18.5. The van der Waals surface area contributed by atoms with Crippen LogP contribution in [-0.4, -0.2) is 44.5 Å². The Balaban J connectivity index is 2.59. The maximum atomic E-state index is 11.5. The minimum Gasteiger partial charge on any atom is -0.444 e. The Morgan fingerprint density at radius 3 is 2.67 bits per heavy atom. The Hall–Kier alpha value is -2.46. The smallest absolute Gasteiger partial charge is 0.407 e. The molecule has 0 bridgehead atoms. The number of carbonyl (C=O) groups is 1. The summed E-state index contributed by atoms with van der Waals surface area (Å²) in [6.07, 6.45) is -2.15. The van der Waals surface area contributed by atoms with Crippen molar-refractivity contribution >= 4 is 17.6 Å². The molecule has 0 aliphatic carbocycles. The van der Waals surface area contributed by atoms with Gasteiger partial charge in [-0.1, -0.05) is 0 Å². The minimum absolute atomic E-state index is 0.0125. The first-order valence-electron chi connectivity index (χ1n) is 7.24. The number of aliphatic hydroxyl groups is 2. The molecule has 0 radical (unpaired) electrons. The van der Waals surface area contributed by atoms with Crippen molar-refractivity contribution in [2.75, 3.05) is 12.3 Å². The van der Waals surface area contributed by atoms with Crippen LogP contribution < -0.4 is 11.1 Å². The topological polar surface area (TPSA) is 161 Å². The van der Waals surface area contributed by atoms with Crippen molar-refractivity contribution in [1.29, 1.82) is 0 Å². The Kier molecular flexibility index (Phi) is 6.43. The van der Waals surface area contributed by atoms with Gasteiger partial charge in [0.2, 0.25) is 5.82 Å². The molecule has 1 rings (SSSR count). The lowest BCUT2D eigenvalue weighted by Crippen LogP contribution is -2.34. The van der Waals surface area contributed by atoms with Crippen LogP contribution in [0.4, 0.5) is 16.3 Å². The number of anilines is 1. The van der Waals surface area contributed by atoms with Gasteiger partial charge >= 0.3 is 11.8 Å². The van der Waals surface area contributed by atoms with E-state index in [0.717, 1.165) is 12.3 Å². The van der Waals surface area contributed by atoms with Gasteiger partial charge in [0.1, 0.15) is 11.7 Å². The molecule has 0 spiro atoms. The van der Waals surface area contributed by atoms with Gasteiger partial charge in [-0.25, -0.2) is 9.78 Å². The standard InChI is InChI=1S/C14H22N4O6/c1-14(2,3)24-13(21)16-5-4-10(19)11(20)8-6-9(18(22)23)12(15)17-7-8/h6-7,10-11,19-20H,4-5H2,1-3H3,(H2,15,17)(H,16,21). The molecule has 0 fully saturated rings. The van der Waals surface area contributed by atoms with E-state index in [4.69, 9.17) is 10.5 Å². The molecular formula is C14H22N4O6. The second-order valence-corrected chi connectivity index (χ2v) is 6.16. The molecule has 2 unspecified atom stereocenters. The van der Waals surface area contributed by atoms with Crippen molar-refractivity contribution < 1.29 is 24.7 Å². The summed E-state index contributed by atoms with van der Waals surface area (Å²) in [6, 6.07) is 1.05. The van der Waals surface area contributed by atoms with Crippen LogP contribution in [0.2, 0.25) is 0 Å². The predicted molar refractivity (Wildman–Crippen MR) is 85.1 cm³/mol. The zero-order valence-electron chi connectivity index (χ0n) is 13.7. The SMILES string of the molecule is CC(C)(C)OC(=O)NCCC(O)C(O)c1cnc(N)c([N+](=O)[O-])c1. The summed E-state index contributed by atoms with van der Waals surface area (Å²) in [4.78, 5) is 25.2. The van der Waals surface area contributed by atoms with E-state index < -0.39 is 34.5 Å². The summed E-state index contributed by atoms with van der Waals surface area (Å²) in [5.41, 5.74) is 4.33. The molecule has 2 atom stereocenters. The Morgan fingerprint density at radius 2 is 2.12 bits per heavy atom. The number of amides is 1. The van der Waals surface area contributed by atoms with Gasteiger partial charge in [0.05, 0.1) is 11.0 Å². The fourth-order valence-electron chi connectivity index (χ4n) is 1.80. The first-order chi connectivity index (χ1) is 11.0. The van der Waals surface area contributed by atoms with Crippen molar-refractivity contribution in [3.05, 3.63) is 27.9 Å². The van der Waals surface area contributed by atoms with Crippen LogP contribution in [0.5, 0.6) is 0 Å². The minimum atomic E-state index is -1.41. The molecular weight excluding hydrogens is 320 g/mol.